The molecule has 1 N–H and O–H groups in total. The first-order valence-corrected chi connectivity index (χ1v) is 10.4. The van der Waals surface area contributed by atoms with E-state index in [2.05, 4.69) is 10.3 Å². The molecule has 1 aliphatic heterocycles. The normalized spacial score (nSPS) is 14.3. The van der Waals surface area contributed by atoms with E-state index < -0.39 is 23.8 Å². The number of aromatic nitrogens is 1. The van der Waals surface area contributed by atoms with E-state index >= 15 is 0 Å². The zero-order chi connectivity index (χ0) is 21.4. The van der Waals surface area contributed by atoms with Crippen molar-refractivity contribution in [2.45, 2.75) is 26.3 Å². The molecule has 2 heterocycles. The average molecular weight is 423 g/mol. The van der Waals surface area contributed by atoms with Crippen LogP contribution in [0.15, 0.2) is 42.5 Å². The summed E-state index contributed by atoms with van der Waals surface area (Å²) in [4.78, 5) is 44.5. The van der Waals surface area contributed by atoms with Crippen LogP contribution in [0.3, 0.4) is 0 Å². The first kappa shape index (κ1) is 20.0. The molecule has 0 bridgehead atoms. The van der Waals surface area contributed by atoms with Crippen molar-refractivity contribution >= 4 is 44.4 Å². The number of hydrogen-bond donors (Lipinski definition) is 1. The molecule has 1 aliphatic rings. The molecule has 0 radical (unpaired) electrons. The highest BCUT2D eigenvalue weighted by molar-refractivity contribution is 7.22. The number of benzene rings is 2. The van der Waals surface area contributed by atoms with Crippen LogP contribution in [-0.4, -0.2) is 40.8 Å². The summed E-state index contributed by atoms with van der Waals surface area (Å²) in [6.45, 7) is 3.89. The van der Waals surface area contributed by atoms with Gasteiger partial charge in [0.25, 0.3) is 11.8 Å². The van der Waals surface area contributed by atoms with Gasteiger partial charge in [0, 0.05) is 0 Å². The number of amides is 3. The monoisotopic (exact) mass is 423 g/mol. The van der Waals surface area contributed by atoms with Gasteiger partial charge in [-0.3, -0.25) is 19.3 Å². The Bertz CT molecular complexity index is 1120. The lowest BCUT2D eigenvalue weighted by Crippen LogP contribution is -2.47. The highest BCUT2D eigenvalue weighted by Gasteiger charge is 2.42. The predicted octanol–water partition coefficient (Wildman–Crippen LogP) is 3.95. The van der Waals surface area contributed by atoms with Gasteiger partial charge < -0.3 is 10.1 Å². The van der Waals surface area contributed by atoms with Gasteiger partial charge in [0.05, 0.1) is 28.5 Å². The quantitative estimate of drug-likeness (QED) is 0.607. The van der Waals surface area contributed by atoms with Crippen LogP contribution in [0.4, 0.5) is 5.13 Å². The first-order chi connectivity index (χ1) is 14.4. The first-order valence-electron chi connectivity index (χ1n) is 9.61. The topological polar surface area (TPSA) is 88.6 Å². The van der Waals surface area contributed by atoms with Crippen molar-refractivity contribution < 1.29 is 19.1 Å². The van der Waals surface area contributed by atoms with Crippen LogP contribution < -0.4 is 10.1 Å². The number of anilines is 1. The molecule has 0 unspecified atom stereocenters. The molecule has 1 atom stereocenters. The number of thiazole rings is 1. The number of carbonyl (C=O) groups is 3. The Morgan fingerprint density at radius 3 is 2.40 bits per heavy atom. The second kappa shape index (κ2) is 7.87. The number of nitrogens with zero attached hydrogens (tertiary/aromatic N) is 2. The van der Waals surface area contributed by atoms with Gasteiger partial charge >= 0.3 is 0 Å². The fraction of sp³-hybridized carbons (Fsp3) is 0.273. The molecule has 8 heteroatoms. The van der Waals surface area contributed by atoms with Crippen LogP contribution in [0.5, 0.6) is 5.75 Å². The molecule has 3 aromatic rings. The molecule has 154 valence electrons. The minimum absolute atomic E-state index is 0.102. The Morgan fingerprint density at radius 2 is 1.80 bits per heavy atom. The van der Waals surface area contributed by atoms with Gasteiger partial charge in [-0.05, 0) is 42.7 Å². The summed E-state index contributed by atoms with van der Waals surface area (Å²) in [7, 11) is 1.59. The molecule has 7 nitrogen and oxygen atoms in total. The van der Waals surface area contributed by atoms with Gasteiger partial charge in [-0.15, -0.1) is 0 Å². The van der Waals surface area contributed by atoms with Crippen LogP contribution in [0.2, 0.25) is 0 Å². The van der Waals surface area contributed by atoms with Crippen molar-refractivity contribution in [2.24, 2.45) is 5.92 Å². The van der Waals surface area contributed by atoms with E-state index in [0.717, 1.165) is 15.1 Å². The number of hydrogen-bond acceptors (Lipinski definition) is 6. The number of nitrogens with one attached hydrogen (secondary N) is 1. The second-order valence-electron chi connectivity index (χ2n) is 7.51. The van der Waals surface area contributed by atoms with E-state index in [-0.39, 0.29) is 5.92 Å². The fourth-order valence-corrected chi connectivity index (χ4v) is 4.44. The Hall–Kier alpha value is -3.26. The molecular weight excluding hydrogens is 402 g/mol. The van der Waals surface area contributed by atoms with E-state index in [1.54, 1.807) is 37.4 Å². The maximum atomic E-state index is 13.2. The zero-order valence-corrected chi connectivity index (χ0v) is 17.7. The zero-order valence-electron chi connectivity index (χ0n) is 16.8. The molecule has 0 fully saturated rings. The Kier molecular flexibility index (Phi) is 5.26. The lowest BCUT2D eigenvalue weighted by atomic mass is 10.0. The predicted molar refractivity (Wildman–Crippen MR) is 115 cm³/mol. The van der Waals surface area contributed by atoms with E-state index in [1.165, 1.54) is 11.3 Å². The molecule has 2 aromatic carbocycles. The number of ether oxygens (including phenoxy) is 1. The summed E-state index contributed by atoms with van der Waals surface area (Å²) in [6.07, 6.45) is 0.357. The van der Waals surface area contributed by atoms with Crippen LogP contribution in [0, 0.1) is 5.92 Å². The van der Waals surface area contributed by atoms with Crippen LogP contribution in [0.1, 0.15) is 41.0 Å². The van der Waals surface area contributed by atoms with Crippen molar-refractivity contribution in [1.82, 2.24) is 9.88 Å². The van der Waals surface area contributed by atoms with Gasteiger partial charge in [0.15, 0.2) is 5.13 Å². The molecule has 0 saturated carbocycles. The van der Waals surface area contributed by atoms with Gasteiger partial charge in [-0.2, -0.15) is 0 Å². The Balaban J connectivity index is 1.62. The summed E-state index contributed by atoms with van der Waals surface area (Å²) < 4.78 is 6.09. The number of fused-ring (bicyclic) bond motifs is 2. The van der Waals surface area contributed by atoms with Crippen molar-refractivity contribution in [1.29, 1.82) is 0 Å². The van der Waals surface area contributed by atoms with Gasteiger partial charge in [-0.25, -0.2) is 4.98 Å². The molecule has 4 rings (SSSR count). The molecule has 1 aromatic heterocycles. The standard InChI is InChI=1S/C22H21N3O4S/c1-12(2)10-17(25-20(27)14-6-4-5-7-15(14)21(25)28)19(26)24-22-23-16-9-8-13(29-3)11-18(16)30-22/h4-9,11-12,17H,10H2,1-3H3,(H,23,24,26)/t17-/m1/s1. The van der Waals surface area contributed by atoms with Gasteiger partial charge in [0.1, 0.15) is 11.8 Å². The lowest BCUT2D eigenvalue weighted by molar-refractivity contribution is -0.120. The molecule has 0 spiro atoms. The van der Waals surface area contributed by atoms with E-state index in [1.807, 2.05) is 26.0 Å². The summed E-state index contributed by atoms with van der Waals surface area (Å²) in [5, 5.41) is 3.21. The van der Waals surface area contributed by atoms with Crippen LogP contribution in [0.25, 0.3) is 10.2 Å². The molecule has 30 heavy (non-hydrogen) atoms. The Morgan fingerprint density at radius 1 is 1.13 bits per heavy atom. The number of rotatable bonds is 6. The summed E-state index contributed by atoms with van der Waals surface area (Å²) in [6, 6.07) is 11.2. The van der Waals surface area contributed by atoms with Gasteiger partial charge in [-0.1, -0.05) is 37.3 Å². The number of carbonyl (C=O) groups excluding carboxylic acids is 3. The maximum absolute atomic E-state index is 13.2. The summed E-state index contributed by atoms with van der Waals surface area (Å²) in [5.74, 6) is -0.502. The number of imide groups is 1. The van der Waals surface area contributed by atoms with E-state index in [4.69, 9.17) is 4.74 Å². The molecular formula is C22H21N3O4S. The average Bonchev–Trinajstić information content (AvgIpc) is 3.24. The lowest BCUT2D eigenvalue weighted by Gasteiger charge is -2.26. The van der Waals surface area contributed by atoms with Crippen LogP contribution >= 0.6 is 11.3 Å². The minimum Gasteiger partial charge on any atom is -0.497 e. The molecule has 0 saturated heterocycles. The smallest absolute Gasteiger partial charge is 0.262 e. The van der Waals surface area contributed by atoms with Crippen LogP contribution in [-0.2, 0) is 4.79 Å². The third kappa shape index (κ3) is 3.54. The molecule has 3 amide bonds. The minimum atomic E-state index is -0.918. The van der Waals surface area contributed by atoms with Crippen molar-refractivity contribution in [3.05, 3.63) is 53.6 Å². The fourth-order valence-electron chi connectivity index (χ4n) is 3.54. The summed E-state index contributed by atoms with van der Waals surface area (Å²) >= 11 is 1.31. The SMILES string of the molecule is COc1ccc2nc(NC(=O)[C@@H](CC(C)C)N3C(=O)c4ccccc4C3=O)sc2c1. The molecule has 0 aliphatic carbocycles. The summed E-state index contributed by atoms with van der Waals surface area (Å²) in [5.41, 5.74) is 1.39. The number of methoxy groups -OCH3 is 1. The van der Waals surface area contributed by atoms with Crippen molar-refractivity contribution in [3.63, 3.8) is 0 Å². The van der Waals surface area contributed by atoms with Gasteiger partial charge in [0.2, 0.25) is 5.91 Å². The second-order valence-corrected chi connectivity index (χ2v) is 8.54. The Labute approximate surface area is 177 Å². The maximum Gasteiger partial charge on any atom is 0.262 e. The highest BCUT2D eigenvalue weighted by Crippen LogP contribution is 2.31. The van der Waals surface area contributed by atoms with E-state index in [0.29, 0.717) is 28.4 Å². The van der Waals surface area contributed by atoms with E-state index in [9.17, 15) is 14.4 Å². The van der Waals surface area contributed by atoms with Crippen molar-refractivity contribution in [2.75, 3.05) is 12.4 Å². The highest BCUT2D eigenvalue weighted by atomic mass is 32.1. The van der Waals surface area contributed by atoms with Crippen molar-refractivity contribution in [3.8, 4) is 5.75 Å². The third-order valence-electron chi connectivity index (χ3n) is 4.96. The largest absolute Gasteiger partial charge is 0.497 e. The third-order valence-corrected chi connectivity index (χ3v) is 5.89.